The molecule has 0 bridgehead atoms. The summed E-state index contributed by atoms with van der Waals surface area (Å²) in [7, 11) is -1.84. The molecule has 0 aliphatic heterocycles. The molecule has 0 spiro atoms. The van der Waals surface area contributed by atoms with Gasteiger partial charge in [-0.1, -0.05) is 41.9 Å². The SMILES string of the molecule is CC(C)(C)OC(=O)c1ccc(NC(=O)C(Cc2ccccc2)NC(=O)C[S@](=O)c2cc(Cl)ccc2-n2cnnn2)cc1. The quantitative estimate of drug-likeness (QED) is 0.259. The fraction of sp³-hybridized carbons (Fsp3) is 0.241. The highest BCUT2D eigenvalue weighted by molar-refractivity contribution is 7.86. The van der Waals surface area contributed by atoms with Gasteiger partial charge in [-0.15, -0.1) is 5.10 Å². The molecule has 2 atom stereocenters. The molecule has 0 radical (unpaired) electrons. The van der Waals surface area contributed by atoms with Crippen LogP contribution in [0.4, 0.5) is 5.69 Å². The van der Waals surface area contributed by atoms with Crippen molar-refractivity contribution in [1.29, 1.82) is 0 Å². The number of amides is 2. The average molecular weight is 609 g/mol. The van der Waals surface area contributed by atoms with Gasteiger partial charge in [0.2, 0.25) is 11.8 Å². The number of carbonyl (C=O) groups is 3. The fourth-order valence-corrected chi connectivity index (χ4v) is 5.25. The van der Waals surface area contributed by atoms with E-state index in [2.05, 4.69) is 26.2 Å². The second-order valence-electron chi connectivity index (χ2n) is 10.2. The number of nitrogens with one attached hydrogen (secondary N) is 2. The molecule has 13 heteroatoms. The van der Waals surface area contributed by atoms with Crippen molar-refractivity contribution in [2.24, 2.45) is 0 Å². The van der Waals surface area contributed by atoms with Gasteiger partial charge in [0.15, 0.2) is 0 Å². The molecule has 4 aromatic rings. The summed E-state index contributed by atoms with van der Waals surface area (Å²) in [5.41, 5.74) is 1.34. The van der Waals surface area contributed by atoms with E-state index in [1.807, 2.05) is 30.3 Å². The third-order valence-electron chi connectivity index (χ3n) is 5.75. The Morgan fingerprint density at radius 1 is 1.02 bits per heavy atom. The van der Waals surface area contributed by atoms with Gasteiger partial charge >= 0.3 is 5.97 Å². The first-order valence-electron chi connectivity index (χ1n) is 12.9. The summed E-state index contributed by atoms with van der Waals surface area (Å²) in [5.74, 6) is -2.00. The Hall–Kier alpha value is -4.42. The zero-order valence-electron chi connectivity index (χ0n) is 23.1. The number of aromatic nitrogens is 4. The van der Waals surface area contributed by atoms with Crippen molar-refractivity contribution in [3.05, 3.63) is 95.3 Å². The number of anilines is 1. The maximum Gasteiger partial charge on any atom is 0.338 e. The molecule has 1 aromatic heterocycles. The molecule has 1 heterocycles. The van der Waals surface area contributed by atoms with Crippen LogP contribution in [-0.4, -0.2) is 59.6 Å². The number of nitrogens with zero attached hydrogens (tertiary/aromatic N) is 4. The highest BCUT2D eigenvalue weighted by atomic mass is 35.5. The molecule has 2 N–H and O–H groups in total. The number of esters is 1. The molecule has 0 saturated heterocycles. The van der Waals surface area contributed by atoms with Gasteiger partial charge in [0.25, 0.3) is 0 Å². The van der Waals surface area contributed by atoms with Crippen LogP contribution in [0.5, 0.6) is 0 Å². The van der Waals surface area contributed by atoms with Crippen LogP contribution in [0.25, 0.3) is 5.69 Å². The van der Waals surface area contributed by atoms with Crippen LogP contribution in [0.15, 0.2) is 84.0 Å². The summed E-state index contributed by atoms with van der Waals surface area (Å²) in [5, 5.41) is 16.8. The van der Waals surface area contributed by atoms with E-state index in [0.717, 1.165) is 5.56 Å². The molecule has 0 saturated carbocycles. The smallest absolute Gasteiger partial charge is 0.338 e. The van der Waals surface area contributed by atoms with Crippen molar-refractivity contribution < 1.29 is 23.3 Å². The summed E-state index contributed by atoms with van der Waals surface area (Å²) in [6.45, 7) is 5.33. The van der Waals surface area contributed by atoms with Crippen molar-refractivity contribution in [1.82, 2.24) is 25.5 Å². The van der Waals surface area contributed by atoms with E-state index < -0.39 is 46.0 Å². The number of hydrogen-bond acceptors (Lipinski definition) is 8. The predicted octanol–water partition coefficient (Wildman–Crippen LogP) is 3.74. The van der Waals surface area contributed by atoms with Crippen LogP contribution in [0.2, 0.25) is 5.02 Å². The van der Waals surface area contributed by atoms with Gasteiger partial charge in [0.1, 0.15) is 23.7 Å². The summed E-state index contributed by atoms with van der Waals surface area (Å²) in [6.07, 6.45) is 1.53. The van der Waals surface area contributed by atoms with Crippen LogP contribution in [0.3, 0.4) is 0 Å². The minimum absolute atomic E-state index is 0.189. The van der Waals surface area contributed by atoms with Crippen LogP contribution < -0.4 is 10.6 Å². The van der Waals surface area contributed by atoms with Gasteiger partial charge in [-0.3, -0.25) is 13.8 Å². The molecular formula is C29H29ClN6O5S. The first-order chi connectivity index (χ1) is 20.0. The Kier molecular flexibility index (Phi) is 9.81. The Bertz CT molecular complexity index is 1570. The van der Waals surface area contributed by atoms with Gasteiger partial charge < -0.3 is 15.4 Å². The van der Waals surface area contributed by atoms with E-state index in [-0.39, 0.29) is 11.3 Å². The lowest BCUT2D eigenvalue weighted by Gasteiger charge is -2.20. The van der Waals surface area contributed by atoms with Crippen LogP contribution in [-0.2, 0) is 31.5 Å². The van der Waals surface area contributed by atoms with Crippen molar-refractivity contribution in [3.8, 4) is 5.69 Å². The largest absolute Gasteiger partial charge is 0.456 e. The van der Waals surface area contributed by atoms with Crippen molar-refractivity contribution in [3.63, 3.8) is 0 Å². The standard InChI is InChI=1S/C29H29ClN6O5S/c1-29(2,3)41-28(39)20-9-12-22(13-10-20)32-27(38)23(15-19-7-5-4-6-8-19)33-26(37)17-42(40)25-16-21(30)11-14-24(25)36-18-31-34-35-36/h4-14,16,18,23H,15,17H2,1-3H3,(H,32,38)(H,33,37)/t23?,42-/m0/s1. The van der Waals surface area contributed by atoms with E-state index in [1.165, 1.54) is 17.1 Å². The molecule has 3 aromatic carbocycles. The Morgan fingerprint density at radius 3 is 2.38 bits per heavy atom. The Morgan fingerprint density at radius 2 is 1.74 bits per heavy atom. The van der Waals surface area contributed by atoms with E-state index in [0.29, 0.717) is 22.0 Å². The molecule has 0 aliphatic carbocycles. The zero-order chi connectivity index (χ0) is 30.3. The van der Waals surface area contributed by atoms with Gasteiger partial charge in [0.05, 0.1) is 26.9 Å². The predicted molar refractivity (Wildman–Crippen MR) is 158 cm³/mol. The van der Waals surface area contributed by atoms with Crippen molar-refractivity contribution in [2.45, 2.75) is 43.7 Å². The second-order valence-corrected chi connectivity index (χ2v) is 12.1. The van der Waals surface area contributed by atoms with E-state index >= 15 is 0 Å². The summed E-state index contributed by atoms with van der Waals surface area (Å²) >= 11 is 6.13. The number of rotatable bonds is 10. The van der Waals surface area contributed by atoms with Crippen LogP contribution >= 0.6 is 11.6 Å². The van der Waals surface area contributed by atoms with Crippen LogP contribution in [0.1, 0.15) is 36.7 Å². The fourth-order valence-electron chi connectivity index (χ4n) is 3.88. The second kappa shape index (κ2) is 13.5. The molecule has 218 valence electrons. The molecule has 2 amide bonds. The summed E-state index contributed by atoms with van der Waals surface area (Å²) < 4.78 is 20.0. The normalized spacial score (nSPS) is 12.7. The number of hydrogen-bond donors (Lipinski definition) is 2. The monoisotopic (exact) mass is 608 g/mol. The number of halogens is 1. The Labute approximate surface area is 250 Å². The molecule has 11 nitrogen and oxygen atoms in total. The number of ether oxygens (including phenoxy) is 1. The number of tetrazole rings is 1. The third-order valence-corrected chi connectivity index (χ3v) is 7.32. The lowest BCUT2D eigenvalue weighted by atomic mass is 10.0. The lowest BCUT2D eigenvalue weighted by molar-refractivity contribution is -0.124. The van der Waals surface area contributed by atoms with Crippen LogP contribution in [0, 0.1) is 0 Å². The topological polar surface area (TPSA) is 145 Å². The average Bonchev–Trinajstić information content (AvgIpc) is 3.47. The van der Waals surface area contributed by atoms with E-state index in [9.17, 15) is 18.6 Å². The molecule has 0 aliphatic rings. The van der Waals surface area contributed by atoms with E-state index in [4.69, 9.17) is 16.3 Å². The molecule has 0 fully saturated rings. The van der Waals surface area contributed by atoms with E-state index in [1.54, 1.807) is 57.2 Å². The maximum absolute atomic E-state index is 13.3. The summed E-state index contributed by atoms with van der Waals surface area (Å²) in [6, 6.07) is 19.1. The Balaban J connectivity index is 1.48. The number of benzene rings is 3. The van der Waals surface area contributed by atoms with Gasteiger partial charge in [-0.2, -0.15) is 4.68 Å². The molecule has 42 heavy (non-hydrogen) atoms. The molecular weight excluding hydrogens is 580 g/mol. The minimum Gasteiger partial charge on any atom is -0.456 e. The van der Waals surface area contributed by atoms with Gasteiger partial charge in [0, 0.05) is 17.1 Å². The first kappa shape index (κ1) is 30.5. The first-order valence-corrected chi connectivity index (χ1v) is 14.6. The highest BCUT2D eigenvalue weighted by Gasteiger charge is 2.24. The van der Waals surface area contributed by atoms with Crippen molar-refractivity contribution >= 4 is 45.9 Å². The van der Waals surface area contributed by atoms with Gasteiger partial charge in [-0.25, -0.2) is 4.79 Å². The summed E-state index contributed by atoms with van der Waals surface area (Å²) in [4.78, 5) is 39.0. The minimum atomic E-state index is -1.84. The highest BCUT2D eigenvalue weighted by Crippen LogP contribution is 2.22. The maximum atomic E-state index is 13.3. The third kappa shape index (κ3) is 8.54. The van der Waals surface area contributed by atoms with Crippen molar-refractivity contribution in [2.75, 3.05) is 11.1 Å². The molecule has 4 rings (SSSR count). The number of carbonyl (C=O) groups excluding carboxylic acids is 3. The zero-order valence-corrected chi connectivity index (χ0v) is 24.7. The lowest BCUT2D eigenvalue weighted by Crippen LogP contribution is -2.46. The van der Waals surface area contributed by atoms with Gasteiger partial charge in [-0.05, 0) is 79.2 Å². The molecule has 1 unspecified atom stereocenters.